The zero-order valence-corrected chi connectivity index (χ0v) is 15.5. The number of nitrogens with zero attached hydrogens (tertiary/aromatic N) is 4. The summed E-state index contributed by atoms with van der Waals surface area (Å²) >= 11 is 0. The summed E-state index contributed by atoms with van der Waals surface area (Å²) in [5, 5.41) is 8.88. The number of ether oxygens (including phenoxy) is 1. The van der Waals surface area contributed by atoms with Gasteiger partial charge in [-0.3, -0.25) is 14.8 Å². The van der Waals surface area contributed by atoms with E-state index in [4.69, 9.17) is 11.0 Å². The molecule has 150 valence electrons. The van der Waals surface area contributed by atoms with E-state index in [1.165, 1.54) is 18.3 Å². The summed E-state index contributed by atoms with van der Waals surface area (Å²) in [6, 6.07) is 5.10. The van der Waals surface area contributed by atoms with Crippen molar-refractivity contribution in [2.75, 3.05) is 6.61 Å². The van der Waals surface area contributed by atoms with Crippen LogP contribution in [0.5, 0.6) is 0 Å². The predicted octanol–water partition coefficient (Wildman–Crippen LogP) is 2.42. The first-order valence-corrected chi connectivity index (χ1v) is 8.49. The molecule has 0 amide bonds. The monoisotopic (exact) mass is 403 g/mol. The Bertz CT molecular complexity index is 1060. The number of rotatable bonds is 4. The molecule has 2 N–H and O–H groups in total. The number of hydrogen-bond donors (Lipinski definition) is 1. The SMILES string of the molecule is Cc1cc(C#N)cnc1C(=O)Cc1ccc(F)c([C@@]2(C)N=C(N)OCC2(F)F)n1. The van der Waals surface area contributed by atoms with Crippen LogP contribution in [0.1, 0.15) is 39.9 Å². The molecule has 2 aromatic rings. The van der Waals surface area contributed by atoms with E-state index in [1.54, 1.807) is 6.92 Å². The van der Waals surface area contributed by atoms with Crippen LogP contribution in [0.4, 0.5) is 13.2 Å². The normalized spacial score (nSPS) is 20.3. The van der Waals surface area contributed by atoms with Gasteiger partial charge in [0, 0.05) is 11.9 Å². The van der Waals surface area contributed by atoms with Crippen molar-refractivity contribution in [2.24, 2.45) is 10.7 Å². The maximum atomic E-state index is 14.5. The third-order valence-electron chi connectivity index (χ3n) is 4.63. The molecule has 0 saturated carbocycles. The van der Waals surface area contributed by atoms with Gasteiger partial charge in [0.15, 0.2) is 17.9 Å². The Morgan fingerprint density at radius 1 is 1.41 bits per heavy atom. The molecule has 1 aliphatic rings. The molecule has 0 unspecified atom stereocenters. The fourth-order valence-corrected chi connectivity index (χ4v) is 2.96. The molecule has 1 atom stereocenters. The van der Waals surface area contributed by atoms with Crippen LogP contribution >= 0.6 is 0 Å². The van der Waals surface area contributed by atoms with Gasteiger partial charge in [-0.25, -0.2) is 9.38 Å². The number of alkyl halides is 2. The molecule has 1 aliphatic heterocycles. The molecule has 3 rings (SSSR count). The number of aryl methyl sites for hydroxylation is 1. The summed E-state index contributed by atoms with van der Waals surface area (Å²) in [5.41, 5.74) is 3.35. The van der Waals surface area contributed by atoms with Crippen LogP contribution in [-0.2, 0) is 16.7 Å². The quantitative estimate of drug-likeness (QED) is 0.784. The van der Waals surface area contributed by atoms with Crippen molar-refractivity contribution < 1.29 is 22.7 Å². The van der Waals surface area contributed by atoms with E-state index in [9.17, 15) is 18.0 Å². The average molecular weight is 403 g/mol. The zero-order valence-electron chi connectivity index (χ0n) is 15.5. The van der Waals surface area contributed by atoms with Gasteiger partial charge in [-0.05, 0) is 37.6 Å². The van der Waals surface area contributed by atoms with Crippen molar-refractivity contribution in [3.05, 3.63) is 58.4 Å². The summed E-state index contributed by atoms with van der Waals surface area (Å²) < 4.78 is 47.9. The maximum absolute atomic E-state index is 14.5. The van der Waals surface area contributed by atoms with Crippen LogP contribution in [0.3, 0.4) is 0 Å². The van der Waals surface area contributed by atoms with Gasteiger partial charge in [-0.1, -0.05) is 0 Å². The summed E-state index contributed by atoms with van der Waals surface area (Å²) in [4.78, 5) is 24.1. The van der Waals surface area contributed by atoms with Crippen LogP contribution in [0.15, 0.2) is 29.4 Å². The van der Waals surface area contributed by atoms with Crippen molar-refractivity contribution in [3.8, 4) is 6.07 Å². The van der Waals surface area contributed by atoms with E-state index in [1.807, 2.05) is 6.07 Å². The van der Waals surface area contributed by atoms with Gasteiger partial charge < -0.3 is 10.5 Å². The van der Waals surface area contributed by atoms with Gasteiger partial charge in [-0.2, -0.15) is 14.0 Å². The van der Waals surface area contributed by atoms with Crippen molar-refractivity contribution in [1.82, 2.24) is 9.97 Å². The number of carbonyl (C=O) groups excluding carboxylic acids is 1. The summed E-state index contributed by atoms with van der Waals surface area (Å²) in [6.07, 6.45) is 0.954. The average Bonchev–Trinajstić information content (AvgIpc) is 2.66. The first-order valence-electron chi connectivity index (χ1n) is 8.49. The largest absolute Gasteiger partial charge is 0.459 e. The molecule has 0 spiro atoms. The second-order valence-corrected chi connectivity index (χ2v) is 6.75. The van der Waals surface area contributed by atoms with Crippen LogP contribution in [0, 0.1) is 24.1 Å². The highest BCUT2D eigenvalue weighted by molar-refractivity contribution is 5.96. The lowest BCUT2D eigenvalue weighted by Crippen LogP contribution is -2.51. The van der Waals surface area contributed by atoms with E-state index in [-0.39, 0.29) is 17.8 Å². The Balaban J connectivity index is 1.97. The zero-order chi connectivity index (χ0) is 21.4. The molecule has 0 bridgehead atoms. The number of aromatic nitrogens is 2. The standard InChI is InChI=1S/C19H16F3N5O2/c1-10-5-11(7-23)8-25-15(10)14(28)6-12-3-4-13(20)16(26-12)18(2)19(21,22)9-29-17(24)27-18/h3-5,8H,6,9H2,1-2H3,(H2,24,27)/t18-/m1/s1. The minimum atomic E-state index is -3.57. The van der Waals surface area contributed by atoms with Gasteiger partial charge in [0.25, 0.3) is 6.02 Å². The molecule has 29 heavy (non-hydrogen) atoms. The Hall–Kier alpha value is -3.48. The van der Waals surface area contributed by atoms with Crippen LogP contribution in [-0.4, -0.2) is 34.3 Å². The maximum Gasteiger partial charge on any atom is 0.311 e. The summed E-state index contributed by atoms with van der Waals surface area (Å²) in [7, 11) is 0. The Morgan fingerprint density at radius 3 is 2.79 bits per heavy atom. The van der Waals surface area contributed by atoms with Crippen molar-refractivity contribution >= 4 is 11.8 Å². The third-order valence-corrected chi connectivity index (χ3v) is 4.63. The minimum absolute atomic E-state index is 0.0641. The van der Waals surface area contributed by atoms with Gasteiger partial charge in [0.05, 0.1) is 12.0 Å². The number of pyridine rings is 2. The van der Waals surface area contributed by atoms with Crippen LogP contribution in [0.2, 0.25) is 0 Å². The Kier molecular flexibility index (Phi) is 5.00. The first-order chi connectivity index (χ1) is 13.6. The molecule has 0 aliphatic carbocycles. The van der Waals surface area contributed by atoms with E-state index < -0.39 is 41.4 Å². The molecule has 0 fully saturated rings. The lowest BCUT2D eigenvalue weighted by molar-refractivity contribution is -0.118. The molecule has 0 radical (unpaired) electrons. The topological polar surface area (TPSA) is 114 Å². The Labute approximate surface area is 164 Å². The van der Waals surface area contributed by atoms with Gasteiger partial charge in [-0.15, -0.1) is 0 Å². The predicted molar refractivity (Wildman–Crippen MR) is 95.8 cm³/mol. The number of amidine groups is 1. The number of carbonyl (C=O) groups is 1. The van der Waals surface area contributed by atoms with Crippen LogP contribution < -0.4 is 5.73 Å². The highest BCUT2D eigenvalue weighted by Gasteiger charge is 2.57. The molecule has 7 nitrogen and oxygen atoms in total. The molecule has 0 saturated heterocycles. The number of ketones is 1. The molecule has 2 aromatic heterocycles. The Morgan fingerprint density at radius 2 is 2.14 bits per heavy atom. The summed E-state index contributed by atoms with van der Waals surface area (Å²) in [6.45, 7) is 1.55. The van der Waals surface area contributed by atoms with Crippen LogP contribution in [0.25, 0.3) is 0 Å². The van der Waals surface area contributed by atoms with Crippen molar-refractivity contribution in [1.29, 1.82) is 5.26 Å². The van der Waals surface area contributed by atoms with Crippen molar-refractivity contribution in [2.45, 2.75) is 31.7 Å². The number of nitrogens with two attached hydrogens (primary N) is 1. The lowest BCUT2D eigenvalue weighted by atomic mass is 9.88. The number of aliphatic imine (C=N–C) groups is 1. The van der Waals surface area contributed by atoms with E-state index in [2.05, 4.69) is 19.7 Å². The molecular weight excluding hydrogens is 387 g/mol. The van der Waals surface area contributed by atoms with Crippen molar-refractivity contribution in [3.63, 3.8) is 0 Å². The fraction of sp³-hybridized carbons (Fsp3) is 0.316. The smallest absolute Gasteiger partial charge is 0.311 e. The third kappa shape index (κ3) is 3.63. The highest BCUT2D eigenvalue weighted by atomic mass is 19.3. The molecule has 0 aromatic carbocycles. The molecular formula is C19H16F3N5O2. The van der Waals surface area contributed by atoms with Gasteiger partial charge in [0.2, 0.25) is 0 Å². The minimum Gasteiger partial charge on any atom is -0.459 e. The van der Waals surface area contributed by atoms with E-state index >= 15 is 0 Å². The number of nitriles is 1. The second-order valence-electron chi connectivity index (χ2n) is 6.75. The van der Waals surface area contributed by atoms with E-state index in [0.717, 1.165) is 13.0 Å². The summed E-state index contributed by atoms with van der Waals surface area (Å²) in [5.74, 6) is -5.03. The highest BCUT2D eigenvalue weighted by Crippen LogP contribution is 2.43. The van der Waals surface area contributed by atoms with E-state index in [0.29, 0.717) is 11.1 Å². The number of halogens is 3. The molecule has 10 heteroatoms. The number of hydrogen-bond acceptors (Lipinski definition) is 7. The lowest BCUT2D eigenvalue weighted by Gasteiger charge is -2.36. The van der Waals surface area contributed by atoms with Gasteiger partial charge >= 0.3 is 5.92 Å². The number of Topliss-reactive ketones (excluding diaryl/α,β-unsaturated/α-hetero) is 1. The molecule has 3 heterocycles. The fourth-order valence-electron chi connectivity index (χ4n) is 2.96. The first kappa shape index (κ1) is 20.3. The second kappa shape index (κ2) is 7.16. The van der Waals surface area contributed by atoms with Gasteiger partial charge in [0.1, 0.15) is 23.3 Å².